The third-order valence-electron chi connectivity index (χ3n) is 3.23. The number of hydrogen-bond acceptors (Lipinski definition) is 3. The van der Waals surface area contributed by atoms with Crippen LogP contribution in [-0.2, 0) is 0 Å². The molecule has 0 unspecified atom stereocenters. The van der Waals surface area contributed by atoms with E-state index in [9.17, 15) is 0 Å². The van der Waals surface area contributed by atoms with Crippen LogP contribution in [-0.4, -0.2) is 13.9 Å². The predicted molar refractivity (Wildman–Crippen MR) is 62.6 cm³/mol. The van der Waals surface area contributed by atoms with E-state index in [0.717, 1.165) is 29.2 Å². The molecule has 0 aliphatic carbocycles. The number of fused-ring (bicyclic) bond motifs is 1. The monoisotopic (exact) mass is 222 g/mol. The number of methoxy groups -OCH3 is 1. The average molecular weight is 222 g/mol. The lowest BCUT2D eigenvalue weighted by atomic mass is 9.95. The van der Waals surface area contributed by atoms with Crippen LogP contribution in [0, 0.1) is 6.92 Å². The zero-order valence-electron chi connectivity index (χ0n) is 10.3. The van der Waals surface area contributed by atoms with Crippen molar-refractivity contribution in [3.63, 3.8) is 0 Å². The molecule has 0 saturated heterocycles. The second kappa shape index (κ2) is 4.24. The molecular formula is C13H18O3. The van der Waals surface area contributed by atoms with E-state index < -0.39 is 0 Å². The van der Waals surface area contributed by atoms with Gasteiger partial charge in [-0.05, 0) is 25.3 Å². The number of hydrogen-bond donors (Lipinski definition) is 0. The van der Waals surface area contributed by atoms with Crippen LogP contribution in [0.25, 0.3) is 0 Å². The minimum atomic E-state index is 0.312. The Kier molecular flexibility index (Phi) is 2.95. The van der Waals surface area contributed by atoms with E-state index in [-0.39, 0.29) is 0 Å². The van der Waals surface area contributed by atoms with Gasteiger partial charge in [0.1, 0.15) is 5.75 Å². The lowest BCUT2D eigenvalue weighted by Gasteiger charge is -2.15. The minimum Gasteiger partial charge on any atom is -0.496 e. The molecule has 1 aliphatic heterocycles. The van der Waals surface area contributed by atoms with E-state index >= 15 is 0 Å². The summed E-state index contributed by atoms with van der Waals surface area (Å²) in [7, 11) is 1.69. The number of rotatable bonds is 3. The molecule has 2 rings (SSSR count). The van der Waals surface area contributed by atoms with Crippen molar-refractivity contribution < 1.29 is 14.2 Å². The quantitative estimate of drug-likeness (QED) is 0.785. The molecule has 0 fully saturated rings. The van der Waals surface area contributed by atoms with Gasteiger partial charge in [-0.2, -0.15) is 0 Å². The Bertz CT molecular complexity index is 399. The van der Waals surface area contributed by atoms with Crippen molar-refractivity contribution in [2.45, 2.75) is 33.1 Å². The van der Waals surface area contributed by atoms with E-state index in [1.165, 1.54) is 5.56 Å². The SMILES string of the molecule is CC[C@H](C)c1cc(OC)c(C)c2c1OCO2. The standard InChI is InChI=1S/C13H18O3/c1-5-8(2)10-6-11(14-4)9(3)12-13(10)16-7-15-12/h6,8H,5,7H2,1-4H3/t8-/m0/s1. The van der Waals surface area contributed by atoms with Gasteiger partial charge < -0.3 is 14.2 Å². The van der Waals surface area contributed by atoms with Gasteiger partial charge in [0.15, 0.2) is 11.5 Å². The Balaban J connectivity index is 2.57. The zero-order valence-corrected chi connectivity index (χ0v) is 10.3. The first-order valence-corrected chi connectivity index (χ1v) is 5.66. The maximum atomic E-state index is 5.56. The van der Waals surface area contributed by atoms with Crippen molar-refractivity contribution in [1.82, 2.24) is 0 Å². The molecule has 0 spiro atoms. The molecule has 16 heavy (non-hydrogen) atoms. The van der Waals surface area contributed by atoms with Crippen molar-refractivity contribution in [3.8, 4) is 17.2 Å². The predicted octanol–water partition coefficient (Wildman–Crippen LogP) is 3.25. The van der Waals surface area contributed by atoms with E-state index in [2.05, 4.69) is 19.9 Å². The minimum absolute atomic E-state index is 0.312. The van der Waals surface area contributed by atoms with E-state index in [1.807, 2.05) is 6.92 Å². The summed E-state index contributed by atoms with van der Waals surface area (Å²) in [5, 5.41) is 0. The van der Waals surface area contributed by atoms with Gasteiger partial charge in [-0.25, -0.2) is 0 Å². The number of benzene rings is 1. The summed E-state index contributed by atoms with van der Waals surface area (Å²) in [5.74, 6) is 3.06. The van der Waals surface area contributed by atoms with Gasteiger partial charge in [0.25, 0.3) is 0 Å². The molecular weight excluding hydrogens is 204 g/mol. The molecule has 1 aromatic carbocycles. The van der Waals surface area contributed by atoms with Crippen molar-refractivity contribution >= 4 is 0 Å². The summed E-state index contributed by atoms with van der Waals surface area (Å²) in [5.41, 5.74) is 2.19. The highest BCUT2D eigenvalue weighted by atomic mass is 16.7. The summed E-state index contributed by atoms with van der Waals surface area (Å²) >= 11 is 0. The molecule has 0 bridgehead atoms. The Morgan fingerprint density at radius 3 is 2.69 bits per heavy atom. The van der Waals surface area contributed by atoms with Gasteiger partial charge in [0.2, 0.25) is 6.79 Å². The fraction of sp³-hybridized carbons (Fsp3) is 0.538. The second-order valence-electron chi connectivity index (χ2n) is 4.17. The summed E-state index contributed by atoms with van der Waals surface area (Å²) in [6.07, 6.45) is 1.07. The fourth-order valence-corrected chi connectivity index (χ4v) is 2.00. The first-order valence-electron chi connectivity index (χ1n) is 5.66. The van der Waals surface area contributed by atoms with Crippen LogP contribution in [0.4, 0.5) is 0 Å². The molecule has 3 heteroatoms. The zero-order chi connectivity index (χ0) is 11.7. The third-order valence-corrected chi connectivity index (χ3v) is 3.23. The van der Waals surface area contributed by atoms with Gasteiger partial charge in [0.05, 0.1) is 7.11 Å². The summed E-state index contributed by atoms with van der Waals surface area (Å²) in [4.78, 5) is 0. The second-order valence-corrected chi connectivity index (χ2v) is 4.17. The third kappa shape index (κ3) is 1.60. The summed E-state index contributed by atoms with van der Waals surface area (Å²) < 4.78 is 16.4. The highest BCUT2D eigenvalue weighted by Crippen LogP contribution is 2.46. The Morgan fingerprint density at radius 2 is 2.06 bits per heavy atom. The van der Waals surface area contributed by atoms with Gasteiger partial charge in [-0.1, -0.05) is 13.8 Å². The topological polar surface area (TPSA) is 27.7 Å². The van der Waals surface area contributed by atoms with Gasteiger partial charge in [-0.3, -0.25) is 0 Å². The Labute approximate surface area is 96.3 Å². The highest BCUT2D eigenvalue weighted by molar-refractivity contribution is 5.59. The highest BCUT2D eigenvalue weighted by Gasteiger charge is 2.25. The molecule has 0 amide bonds. The van der Waals surface area contributed by atoms with Crippen LogP contribution in [0.15, 0.2) is 6.07 Å². The molecule has 0 N–H and O–H groups in total. The normalized spacial score (nSPS) is 15.0. The van der Waals surface area contributed by atoms with Crippen LogP contribution in [0.1, 0.15) is 37.3 Å². The van der Waals surface area contributed by atoms with Crippen molar-refractivity contribution in [2.75, 3.05) is 13.9 Å². The van der Waals surface area contributed by atoms with Crippen molar-refractivity contribution in [3.05, 3.63) is 17.2 Å². The fourth-order valence-electron chi connectivity index (χ4n) is 2.00. The molecule has 0 saturated carbocycles. The van der Waals surface area contributed by atoms with Crippen LogP contribution < -0.4 is 14.2 Å². The largest absolute Gasteiger partial charge is 0.496 e. The van der Waals surface area contributed by atoms with E-state index in [0.29, 0.717) is 12.7 Å². The van der Waals surface area contributed by atoms with E-state index in [4.69, 9.17) is 14.2 Å². The molecule has 1 aromatic rings. The first-order chi connectivity index (χ1) is 7.69. The molecule has 1 aliphatic rings. The lowest BCUT2D eigenvalue weighted by molar-refractivity contribution is 0.172. The first kappa shape index (κ1) is 11.1. The van der Waals surface area contributed by atoms with Crippen LogP contribution >= 0.6 is 0 Å². The maximum Gasteiger partial charge on any atom is 0.231 e. The molecule has 1 heterocycles. The lowest BCUT2D eigenvalue weighted by Crippen LogP contribution is -1.97. The van der Waals surface area contributed by atoms with Gasteiger partial charge >= 0.3 is 0 Å². The molecule has 0 radical (unpaired) electrons. The van der Waals surface area contributed by atoms with Crippen molar-refractivity contribution in [1.29, 1.82) is 0 Å². The average Bonchev–Trinajstić information content (AvgIpc) is 2.78. The molecule has 1 atom stereocenters. The summed E-state index contributed by atoms with van der Waals surface area (Å²) in [6, 6.07) is 2.07. The maximum absolute atomic E-state index is 5.56. The van der Waals surface area contributed by atoms with Crippen molar-refractivity contribution in [2.24, 2.45) is 0 Å². The van der Waals surface area contributed by atoms with Crippen LogP contribution in [0.5, 0.6) is 17.2 Å². The Morgan fingerprint density at radius 1 is 1.38 bits per heavy atom. The van der Waals surface area contributed by atoms with Crippen LogP contribution in [0.3, 0.4) is 0 Å². The molecule has 3 nitrogen and oxygen atoms in total. The smallest absolute Gasteiger partial charge is 0.231 e. The van der Waals surface area contributed by atoms with E-state index in [1.54, 1.807) is 7.11 Å². The summed E-state index contributed by atoms with van der Waals surface area (Å²) in [6.45, 7) is 6.66. The van der Waals surface area contributed by atoms with Gasteiger partial charge in [-0.15, -0.1) is 0 Å². The Hall–Kier alpha value is -1.38. The van der Waals surface area contributed by atoms with Gasteiger partial charge in [0, 0.05) is 11.1 Å². The van der Waals surface area contributed by atoms with Crippen LogP contribution in [0.2, 0.25) is 0 Å². The molecule has 88 valence electrons. The number of ether oxygens (including phenoxy) is 3. The molecule has 0 aromatic heterocycles.